The summed E-state index contributed by atoms with van der Waals surface area (Å²) in [4.78, 5) is 35.6. The van der Waals surface area contributed by atoms with E-state index < -0.39 is 12.0 Å². The fourth-order valence-corrected chi connectivity index (χ4v) is 4.22. The van der Waals surface area contributed by atoms with E-state index in [-0.39, 0.29) is 16.9 Å². The molecule has 1 saturated heterocycles. The van der Waals surface area contributed by atoms with Crippen molar-refractivity contribution >= 4 is 40.5 Å². The number of esters is 1. The molecule has 1 unspecified atom stereocenters. The van der Waals surface area contributed by atoms with E-state index in [1.165, 1.54) is 38.6 Å². The molecule has 1 fully saturated rings. The molecule has 7 heteroatoms. The van der Waals surface area contributed by atoms with Crippen molar-refractivity contribution in [3.63, 3.8) is 0 Å². The molecule has 1 aliphatic heterocycles. The molecule has 1 amide bonds. The summed E-state index contributed by atoms with van der Waals surface area (Å²) >= 11 is 2.85. The normalized spacial score (nSPS) is 24.5. The lowest BCUT2D eigenvalue weighted by Gasteiger charge is -2.20. The summed E-state index contributed by atoms with van der Waals surface area (Å²) in [6.07, 6.45) is 6.34. The minimum absolute atomic E-state index is 0.0146. The highest BCUT2D eigenvalue weighted by Crippen LogP contribution is 2.20. The van der Waals surface area contributed by atoms with Crippen LogP contribution in [0.5, 0.6) is 0 Å². The summed E-state index contributed by atoms with van der Waals surface area (Å²) in [5.74, 6) is 1.22. The van der Waals surface area contributed by atoms with Gasteiger partial charge in [0.1, 0.15) is 6.04 Å². The summed E-state index contributed by atoms with van der Waals surface area (Å²) in [5.41, 5.74) is 0. The molecule has 132 valence electrons. The average molecular weight is 362 g/mol. The molecule has 0 bridgehead atoms. The van der Waals surface area contributed by atoms with Crippen LogP contribution in [-0.4, -0.2) is 47.4 Å². The summed E-state index contributed by atoms with van der Waals surface area (Å²) < 4.78 is 4.79. The number of nitrogens with one attached hydrogen (secondary N) is 1. The Hall–Kier alpha value is -0.690. The number of thioether (sulfide) groups is 2. The van der Waals surface area contributed by atoms with Crippen molar-refractivity contribution in [3.8, 4) is 0 Å². The quantitative estimate of drug-likeness (QED) is 0.779. The van der Waals surface area contributed by atoms with E-state index >= 15 is 0 Å². The lowest BCUT2D eigenvalue weighted by Crippen LogP contribution is -2.46. The van der Waals surface area contributed by atoms with Gasteiger partial charge in [0.05, 0.1) is 7.11 Å². The van der Waals surface area contributed by atoms with Crippen LogP contribution < -0.4 is 5.32 Å². The van der Waals surface area contributed by atoms with Gasteiger partial charge in [0, 0.05) is 24.3 Å². The van der Waals surface area contributed by atoms with Crippen molar-refractivity contribution in [2.45, 2.75) is 51.5 Å². The molecular formula is C16H27NO4S2. The minimum Gasteiger partial charge on any atom is -0.467 e. The first kappa shape index (κ1) is 20.4. The summed E-state index contributed by atoms with van der Waals surface area (Å²) in [7, 11) is 1.34. The molecule has 0 aliphatic carbocycles. The van der Waals surface area contributed by atoms with Crippen LogP contribution in [0.3, 0.4) is 0 Å². The van der Waals surface area contributed by atoms with Crippen LogP contribution in [0.1, 0.15) is 45.4 Å². The van der Waals surface area contributed by atoms with Gasteiger partial charge in [-0.05, 0) is 18.6 Å². The lowest BCUT2D eigenvalue weighted by molar-refractivity contribution is -0.144. The van der Waals surface area contributed by atoms with Gasteiger partial charge in [-0.25, -0.2) is 4.79 Å². The maximum absolute atomic E-state index is 12.5. The Morgan fingerprint density at radius 3 is 2.65 bits per heavy atom. The first-order valence-corrected chi connectivity index (χ1v) is 10.3. The molecule has 1 rings (SSSR count). The maximum Gasteiger partial charge on any atom is 0.329 e. The molecule has 0 aromatic rings. The third-order valence-electron chi connectivity index (χ3n) is 3.79. The predicted molar refractivity (Wildman–Crippen MR) is 95.6 cm³/mol. The van der Waals surface area contributed by atoms with Crippen molar-refractivity contribution in [3.05, 3.63) is 0 Å². The Morgan fingerprint density at radius 2 is 1.96 bits per heavy atom. The SMILES string of the molecule is COC(=O)[C@@H]1CSCCCCCCCC(CSC(C)=O)C(=O)N1. The van der Waals surface area contributed by atoms with Gasteiger partial charge in [0.25, 0.3) is 0 Å². The van der Waals surface area contributed by atoms with Gasteiger partial charge in [0.15, 0.2) is 5.12 Å². The van der Waals surface area contributed by atoms with E-state index in [1.54, 1.807) is 11.8 Å². The van der Waals surface area contributed by atoms with Crippen molar-refractivity contribution < 1.29 is 19.1 Å². The molecule has 0 radical (unpaired) electrons. The second kappa shape index (κ2) is 11.8. The van der Waals surface area contributed by atoms with E-state index in [0.717, 1.165) is 31.4 Å². The fraction of sp³-hybridized carbons (Fsp3) is 0.812. The van der Waals surface area contributed by atoms with E-state index in [0.29, 0.717) is 11.5 Å². The van der Waals surface area contributed by atoms with Crippen LogP contribution >= 0.6 is 23.5 Å². The zero-order valence-corrected chi connectivity index (χ0v) is 15.6. The van der Waals surface area contributed by atoms with E-state index in [4.69, 9.17) is 4.74 Å². The smallest absolute Gasteiger partial charge is 0.329 e. The molecule has 0 aromatic heterocycles. The second-order valence-corrected chi connectivity index (χ2v) is 8.06. The molecule has 5 nitrogen and oxygen atoms in total. The second-order valence-electron chi connectivity index (χ2n) is 5.72. The molecular weight excluding hydrogens is 334 g/mol. The number of methoxy groups -OCH3 is 1. The van der Waals surface area contributed by atoms with Crippen LogP contribution in [-0.2, 0) is 19.1 Å². The van der Waals surface area contributed by atoms with Gasteiger partial charge in [-0.3, -0.25) is 9.59 Å². The Morgan fingerprint density at radius 1 is 1.26 bits per heavy atom. The standard InChI is InChI=1S/C16H27NO4S2/c1-12(18)23-10-13-8-6-4-3-5-7-9-22-11-14(16(20)21-2)17-15(13)19/h13-14H,3-11H2,1-2H3,(H,17,19)/t13?,14-/m0/s1. The van der Waals surface area contributed by atoms with Crippen LogP contribution in [0.15, 0.2) is 0 Å². The third kappa shape index (κ3) is 8.65. The van der Waals surface area contributed by atoms with Crippen LogP contribution in [0.4, 0.5) is 0 Å². The van der Waals surface area contributed by atoms with Crippen molar-refractivity contribution in [1.82, 2.24) is 5.32 Å². The number of hydrogen-bond donors (Lipinski definition) is 1. The van der Waals surface area contributed by atoms with Gasteiger partial charge < -0.3 is 10.1 Å². The zero-order valence-electron chi connectivity index (χ0n) is 14.0. The molecule has 2 atom stereocenters. The highest BCUT2D eigenvalue weighted by molar-refractivity contribution is 8.13. The number of carbonyl (C=O) groups excluding carboxylic acids is 3. The Balaban J connectivity index is 2.72. The highest BCUT2D eigenvalue weighted by Gasteiger charge is 2.26. The first-order chi connectivity index (χ1) is 11.0. The summed E-state index contributed by atoms with van der Waals surface area (Å²) in [6.45, 7) is 1.51. The van der Waals surface area contributed by atoms with Gasteiger partial charge in [-0.15, -0.1) is 0 Å². The largest absolute Gasteiger partial charge is 0.467 e. The van der Waals surface area contributed by atoms with Crippen LogP contribution in [0, 0.1) is 5.92 Å². The predicted octanol–water partition coefficient (Wildman–Crippen LogP) is 2.63. The fourth-order valence-electron chi connectivity index (χ4n) is 2.43. The first-order valence-electron chi connectivity index (χ1n) is 8.14. The molecule has 1 aliphatic rings. The Kier molecular flexibility index (Phi) is 10.4. The van der Waals surface area contributed by atoms with E-state index in [9.17, 15) is 14.4 Å². The molecule has 1 N–H and O–H groups in total. The Bertz CT molecular complexity index is 404. The molecule has 23 heavy (non-hydrogen) atoms. The third-order valence-corrected chi connectivity index (χ3v) is 5.91. The number of amides is 1. The topological polar surface area (TPSA) is 72.5 Å². The molecule has 1 heterocycles. The molecule has 0 aromatic carbocycles. The number of ether oxygens (including phenoxy) is 1. The highest BCUT2D eigenvalue weighted by atomic mass is 32.2. The lowest BCUT2D eigenvalue weighted by atomic mass is 10.0. The van der Waals surface area contributed by atoms with Gasteiger partial charge in [-0.1, -0.05) is 37.4 Å². The zero-order chi connectivity index (χ0) is 17.1. The van der Waals surface area contributed by atoms with Crippen molar-refractivity contribution in [2.24, 2.45) is 5.92 Å². The summed E-state index contributed by atoms with van der Waals surface area (Å²) in [5, 5.41) is 2.84. The Labute approximate surface area is 147 Å². The van der Waals surface area contributed by atoms with Crippen molar-refractivity contribution in [2.75, 3.05) is 24.4 Å². The van der Waals surface area contributed by atoms with Crippen molar-refractivity contribution in [1.29, 1.82) is 0 Å². The van der Waals surface area contributed by atoms with Gasteiger partial charge in [0.2, 0.25) is 5.91 Å². The number of hydrogen-bond acceptors (Lipinski definition) is 6. The van der Waals surface area contributed by atoms with Gasteiger partial charge >= 0.3 is 5.97 Å². The monoisotopic (exact) mass is 361 g/mol. The minimum atomic E-state index is -0.608. The molecule has 0 saturated carbocycles. The molecule has 0 spiro atoms. The van der Waals surface area contributed by atoms with Crippen LogP contribution in [0.2, 0.25) is 0 Å². The van der Waals surface area contributed by atoms with E-state index in [2.05, 4.69) is 5.32 Å². The van der Waals surface area contributed by atoms with E-state index in [1.807, 2.05) is 0 Å². The number of rotatable bonds is 3. The number of carbonyl (C=O) groups is 3. The maximum atomic E-state index is 12.5. The average Bonchev–Trinajstić information content (AvgIpc) is 2.54. The van der Waals surface area contributed by atoms with Gasteiger partial charge in [-0.2, -0.15) is 11.8 Å². The van der Waals surface area contributed by atoms with Crippen LogP contribution in [0.25, 0.3) is 0 Å². The summed E-state index contributed by atoms with van der Waals surface area (Å²) in [6, 6.07) is -0.608.